The number of carbonyl (C=O) groups is 2. The normalized spacial score (nSPS) is 12.1. The fourth-order valence-corrected chi connectivity index (χ4v) is 2.65. The number of benzene rings is 2. The van der Waals surface area contributed by atoms with Crippen molar-refractivity contribution in [2.24, 2.45) is 0 Å². The Labute approximate surface area is 186 Å². The summed E-state index contributed by atoms with van der Waals surface area (Å²) in [7, 11) is 2.85. The molecule has 0 saturated heterocycles. The van der Waals surface area contributed by atoms with E-state index in [1.165, 1.54) is 50.2 Å². The first-order valence-corrected chi connectivity index (χ1v) is 9.39. The van der Waals surface area contributed by atoms with Crippen LogP contribution in [0.2, 0.25) is 0 Å². The van der Waals surface area contributed by atoms with Crippen LogP contribution in [0.5, 0.6) is 11.5 Å². The molecule has 2 aromatic carbocycles. The Hall–Kier alpha value is -3.87. The maximum Gasteiger partial charge on any atom is 0.573 e. The second-order valence-corrected chi connectivity index (χ2v) is 6.84. The summed E-state index contributed by atoms with van der Waals surface area (Å²) in [6.07, 6.45) is -4.82. The summed E-state index contributed by atoms with van der Waals surface area (Å²) >= 11 is 0. The van der Waals surface area contributed by atoms with E-state index in [1.807, 2.05) is 0 Å². The quantitative estimate of drug-likeness (QED) is 0.425. The van der Waals surface area contributed by atoms with Gasteiger partial charge in [-0.3, -0.25) is 24.6 Å². The Morgan fingerprint density at radius 1 is 1.15 bits per heavy atom. The highest BCUT2D eigenvalue weighted by Gasteiger charge is 2.31. The summed E-state index contributed by atoms with van der Waals surface area (Å²) in [6, 6.07) is 7.50. The first-order valence-electron chi connectivity index (χ1n) is 9.39. The van der Waals surface area contributed by atoms with Crippen LogP contribution in [0.15, 0.2) is 42.5 Å². The summed E-state index contributed by atoms with van der Waals surface area (Å²) in [4.78, 5) is 36.6. The van der Waals surface area contributed by atoms with Crippen molar-refractivity contribution in [3.05, 3.63) is 52.6 Å². The fourth-order valence-electron chi connectivity index (χ4n) is 2.65. The maximum absolute atomic E-state index is 12.6. The van der Waals surface area contributed by atoms with Gasteiger partial charge in [-0.05, 0) is 44.3 Å². The van der Waals surface area contributed by atoms with Crippen LogP contribution in [0.4, 0.5) is 30.2 Å². The fraction of sp³-hybridized carbons (Fsp3) is 0.300. The molecule has 2 amide bonds. The van der Waals surface area contributed by atoms with Crippen molar-refractivity contribution in [1.82, 2.24) is 4.90 Å². The Bertz CT molecular complexity index is 1010. The minimum absolute atomic E-state index is 0.0996. The zero-order valence-electron chi connectivity index (χ0n) is 17.8. The molecule has 33 heavy (non-hydrogen) atoms. The highest BCUT2D eigenvalue weighted by Crippen LogP contribution is 2.29. The van der Waals surface area contributed by atoms with Crippen molar-refractivity contribution in [2.45, 2.75) is 19.3 Å². The summed E-state index contributed by atoms with van der Waals surface area (Å²) in [5.74, 6) is -1.27. The van der Waals surface area contributed by atoms with Gasteiger partial charge in [-0.1, -0.05) is 0 Å². The zero-order valence-corrected chi connectivity index (χ0v) is 17.8. The molecular formula is C20H21F3N4O6. The number of methoxy groups -OCH3 is 1. The summed E-state index contributed by atoms with van der Waals surface area (Å²) in [6.45, 7) is 1.30. The predicted molar refractivity (Wildman–Crippen MR) is 112 cm³/mol. The second-order valence-electron chi connectivity index (χ2n) is 6.84. The average Bonchev–Trinajstić information content (AvgIpc) is 2.73. The molecule has 0 aliphatic carbocycles. The average molecular weight is 470 g/mol. The first kappa shape index (κ1) is 25.4. The molecule has 13 heteroatoms. The highest BCUT2D eigenvalue weighted by atomic mass is 19.4. The van der Waals surface area contributed by atoms with Crippen molar-refractivity contribution >= 4 is 28.9 Å². The number of non-ortho nitro benzene ring substituents is 1. The summed E-state index contributed by atoms with van der Waals surface area (Å²) < 4.78 is 45.5. The van der Waals surface area contributed by atoms with E-state index < -0.39 is 34.9 Å². The lowest BCUT2D eigenvalue weighted by Crippen LogP contribution is -2.43. The van der Waals surface area contributed by atoms with Crippen LogP contribution in [-0.4, -0.2) is 54.7 Å². The Kier molecular flexibility index (Phi) is 8.18. The number of halogens is 3. The molecule has 178 valence electrons. The number of alkyl halides is 3. The van der Waals surface area contributed by atoms with Crippen molar-refractivity contribution in [2.75, 3.05) is 31.3 Å². The van der Waals surface area contributed by atoms with E-state index in [2.05, 4.69) is 15.4 Å². The molecule has 2 aromatic rings. The van der Waals surface area contributed by atoms with E-state index in [0.717, 1.165) is 18.2 Å². The van der Waals surface area contributed by atoms with Crippen molar-refractivity contribution in [3.8, 4) is 11.5 Å². The van der Waals surface area contributed by atoms with E-state index in [-0.39, 0.29) is 29.4 Å². The molecule has 0 saturated carbocycles. The molecule has 0 bridgehead atoms. The van der Waals surface area contributed by atoms with E-state index in [9.17, 15) is 32.9 Å². The van der Waals surface area contributed by atoms with Gasteiger partial charge >= 0.3 is 6.36 Å². The Morgan fingerprint density at radius 3 is 2.33 bits per heavy atom. The van der Waals surface area contributed by atoms with E-state index in [4.69, 9.17) is 4.74 Å². The van der Waals surface area contributed by atoms with Gasteiger partial charge < -0.3 is 20.1 Å². The van der Waals surface area contributed by atoms with E-state index in [1.54, 1.807) is 0 Å². The van der Waals surface area contributed by atoms with Crippen LogP contribution in [0.3, 0.4) is 0 Å². The molecule has 0 aromatic heterocycles. The van der Waals surface area contributed by atoms with E-state index in [0.29, 0.717) is 0 Å². The van der Waals surface area contributed by atoms with Crippen molar-refractivity contribution < 1.29 is 37.2 Å². The molecule has 0 radical (unpaired) electrons. The van der Waals surface area contributed by atoms with Crippen molar-refractivity contribution in [1.29, 1.82) is 0 Å². The molecular weight excluding hydrogens is 449 g/mol. The number of anilines is 2. The first-order chi connectivity index (χ1) is 15.4. The van der Waals surface area contributed by atoms with Gasteiger partial charge in [0.05, 0.1) is 30.3 Å². The highest BCUT2D eigenvalue weighted by molar-refractivity contribution is 5.97. The van der Waals surface area contributed by atoms with Gasteiger partial charge in [0.2, 0.25) is 11.8 Å². The minimum atomic E-state index is -4.82. The maximum atomic E-state index is 12.6. The lowest BCUT2D eigenvalue weighted by molar-refractivity contribution is -0.384. The summed E-state index contributed by atoms with van der Waals surface area (Å²) in [5, 5.41) is 16.0. The number of likely N-dealkylation sites (N-methyl/N-ethyl adjacent to an activating group) is 1. The molecule has 0 spiro atoms. The number of nitrogens with one attached hydrogen (secondary N) is 2. The SMILES string of the molecule is COc1ccc([N+](=O)[O-])cc1NC(=O)[C@H](C)N(C)CC(=O)Nc1ccc(OC(F)(F)F)cc1. The van der Waals surface area contributed by atoms with Crippen molar-refractivity contribution in [3.63, 3.8) is 0 Å². The molecule has 2 rings (SSSR count). The van der Waals surface area contributed by atoms with Crippen LogP contribution in [0.25, 0.3) is 0 Å². The molecule has 0 fully saturated rings. The number of hydrogen-bond donors (Lipinski definition) is 2. The van der Waals surface area contributed by atoms with Gasteiger partial charge in [-0.15, -0.1) is 13.2 Å². The van der Waals surface area contributed by atoms with Gasteiger partial charge in [0.1, 0.15) is 11.5 Å². The number of carbonyl (C=O) groups excluding carboxylic acids is 2. The van der Waals surface area contributed by atoms with Gasteiger partial charge in [0.25, 0.3) is 5.69 Å². The molecule has 0 aliphatic heterocycles. The van der Waals surface area contributed by atoms with Gasteiger partial charge in [-0.2, -0.15) is 0 Å². The van der Waals surface area contributed by atoms with Crippen LogP contribution >= 0.6 is 0 Å². The molecule has 0 aliphatic rings. The lowest BCUT2D eigenvalue weighted by Gasteiger charge is -2.23. The second kappa shape index (κ2) is 10.6. The molecule has 1 atom stereocenters. The van der Waals surface area contributed by atoms with Crippen LogP contribution in [0, 0.1) is 10.1 Å². The third kappa shape index (κ3) is 7.64. The molecule has 2 N–H and O–H groups in total. The number of nitrogens with zero attached hydrogens (tertiary/aromatic N) is 2. The number of hydrogen-bond acceptors (Lipinski definition) is 7. The molecule has 0 heterocycles. The van der Waals surface area contributed by atoms with Crippen LogP contribution in [0.1, 0.15) is 6.92 Å². The Morgan fingerprint density at radius 2 is 1.79 bits per heavy atom. The number of nitro benzene ring substituents is 1. The number of ether oxygens (including phenoxy) is 2. The molecule has 10 nitrogen and oxygen atoms in total. The lowest BCUT2D eigenvalue weighted by atomic mass is 10.2. The largest absolute Gasteiger partial charge is 0.573 e. The van der Waals surface area contributed by atoms with Gasteiger partial charge in [-0.25, -0.2) is 0 Å². The summed E-state index contributed by atoms with van der Waals surface area (Å²) in [5.41, 5.74) is 0.0991. The van der Waals surface area contributed by atoms with Gasteiger partial charge in [0.15, 0.2) is 0 Å². The predicted octanol–water partition coefficient (Wildman–Crippen LogP) is 3.40. The number of amides is 2. The Balaban J connectivity index is 1.96. The van der Waals surface area contributed by atoms with E-state index >= 15 is 0 Å². The topological polar surface area (TPSA) is 123 Å². The number of rotatable bonds is 9. The van der Waals surface area contributed by atoms with Crippen LogP contribution < -0.4 is 20.1 Å². The number of nitro groups is 1. The third-order valence-electron chi connectivity index (χ3n) is 4.46. The zero-order chi connectivity index (χ0) is 24.8. The monoisotopic (exact) mass is 470 g/mol. The standard InChI is InChI=1S/C20H21F3N4O6/c1-12(19(29)25-16-10-14(27(30)31)6-9-17(16)32-3)26(2)11-18(28)24-13-4-7-15(8-5-13)33-20(21,22)23/h4-10,12H,11H2,1-3H3,(H,24,28)(H,25,29)/t12-/m0/s1. The smallest absolute Gasteiger partial charge is 0.495 e. The van der Waals surface area contributed by atoms with Gasteiger partial charge in [0, 0.05) is 17.8 Å². The minimum Gasteiger partial charge on any atom is -0.495 e. The molecule has 0 unspecified atom stereocenters. The van der Waals surface area contributed by atoms with Crippen LogP contribution in [-0.2, 0) is 9.59 Å². The third-order valence-corrected chi connectivity index (χ3v) is 4.46.